The van der Waals surface area contributed by atoms with E-state index in [-0.39, 0.29) is 5.91 Å². The van der Waals surface area contributed by atoms with E-state index in [0.29, 0.717) is 24.9 Å². The van der Waals surface area contributed by atoms with Crippen molar-refractivity contribution in [2.24, 2.45) is 11.7 Å². The van der Waals surface area contributed by atoms with E-state index in [0.717, 1.165) is 30.5 Å². The number of carbonyl (C=O) groups excluding carboxylic acids is 1. The Bertz CT molecular complexity index is 702. The summed E-state index contributed by atoms with van der Waals surface area (Å²) in [6, 6.07) is 10.6. The highest BCUT2D eigenvalue weighted by Crippen LogP contribution is 2.33. The second-order valence-corrected chi connectivity index (χ2v) is 7.43. The molecule has 0 unspecified atom stereocenters. The van der Waals surface area contributed by atoms with Crippen molar-refractivity contribution in [2.75, 3.05) is 31.1 Å². The molecule has 0 saturated carbocycles. The summed E-state index contributed by atoms with van der Waals surface area (Å²) in [5, 5.41) is 2.85. The van der Waals surface area contributed by atoms with Crippen LogP contribution in [0.1, 0.15) is 31.0 Å². The van der Waals surface area contributed by atoms with Gasteiger partial charge in [-0.25, -0.2) is 4.98 Å². The Morgan fingerprint density at radius 1 is 1.36 bits per heavy atom. The molecule has 2 atom stereocenters. The molecule has 1 aromatic carbocycles. The number of hydrogen-bond acceptors (Lipinski definition) is 5. The molecule has 0 radical (unpaired) electrons. The van der Waals surface area contributed by atoms with Gasteiger partial charge in [0.2, 0.25) is 5.91 Å². The molecular formula is C19H26N4OS. The van der Waals surface area contributed by atoms with Gasteiger partial charge in [-0.2, -0.15) is 0 Å². The molecule has 25 heavy (non-hydrogen) atoms. The Morgan fingerprint density at radius 2 is 2.12 bits per heavy atom. The molecule has 1 amide bonds. The predicted octanol–water partition coefficient (Wildman–Crippen LogP) is 2.69. The fraction of sp³-hybridized carbons (Fsp3) is 0.474. The second kappa shape index (κ2) is 8.08. The number of amides is 1. The van der Waals surface area contributed by atoms with Gasteiger partial charge in [0.15, 0.2) is 5.13 Å². The van der Waals surface area contributed by atoms with E-state index in [1.54, 1.807) is 23.2 Å². The van der Waals surface area contributed by atoms with Crippen LogP contribution in [-0.4, -0.2) is 42.0 Å². The van der Waals surface area contributed by atoms with E-state index in [2.05, 4.69) is 45.6 Å². The first-order valence-corrected chi connectivity index (χ1v) is 9.70. The lowest BCUT2D eigenvalue weighted by molar-refractivity contribution is -0.116. The standard InChI is InChI=1S/C19H26N4OS/c1-3-23(14(2)24)19-21-17(13-25-19)11-22-10-16(9-20)18(12-22)15-7-5-4-6-8-15/h4-8,13,16,18H,3,9-12,20H2,1-2H3/t16-,18+/m1/s1. The maximum absolute atomic E-state index is 11.7. The first-order chi connectivity index (χ1) is 12.1. The fourth-order valence-corrected chi connectivity index (χ4v) is 4.54. The number of thiazole rings is 1. The summed E-state index contributed by atoms with van der Waals surface area (Å²) in [6.07, 6.45) is 0. The Balaban J connectivity index is 1.68. The van der Waals surface area contributed by atoms with Crippen molar-refractivity contribution in [3.8, 4) is 0 Å². The van der Waals surface area contributed by atoms with Crippen LogP contribution in [0.2, 0.25) is 0 Å². The normalized spacial score (nSPS) is 20.8. The van der Waals surface area contributed by atoms with Crippen LogP contribution in [0, 0.1) is 5.92 Å². The smallest absolute Gasteiger partial charge is 0.225 e. The maximum atomic E-state index is 11.7. The second-order valence-electron chi connectivity index (χ2n) is 6.59. The number of nitrogens with zero attached hydrogens (tertiary/aromatic N) is 3. The third kappa shape index (κ3) is 4.08. The molecule has 2 aromatic rings. The molecule has 6 heteroatoms. The first kappa shape index (κ1) is 18.0. The highest BCUT2D eigenvalue weighted by Gasteiger charge is 2.33. The summed E-state index contributed by atoms with van der Waals surface area (Å²) in [7, 11) is 0. The van der Waals surface area contributed by atoms with Gasteiger partial charge in [0.1, 0.15) is 0 Å². The number of benzene rings is 1. The van der Waals surface area contributed by atoms with Gasteiger partial charge in [-0.15, -0.1) is 11.3 Å². The van der Waals surface area contributed by atoms with Crippen molar-refractivity contribution in [3.05, 3.63) is 47.0 Å². The minimum Gasteiger partial charge on any atom is -0.330 e. The largest absolute Gasteiger partial charge is 0.330 e. The van der Waals surface area contributed by atoms with Crippen LogP contribution in [-0.2, 0) is 11.3 Å². The molecule has 1 saturated heterocycles. The maximum Gasteiger partial charge on any atom is 0.225 e. The molecule has 2 heterocycles. The minimum absolute atomic E-state index is 0.0388. The Morgan fingerprint density at radius 3 is 2.76 bits per heavy atom. The van der Waals surface area contributed by atoms with Gasteiger partial charge in [0.25, 0.3) is 0 Å². The molecule has 1 fully saturated rings. The van der Waals surface area contributed by atoms with Crippen LogP contribution in [0.4, 0.5) is 5.13 Å². The number of aromatic nitrogens is 1. The third-order valence-electron chi connectivity index (χ3n) is 4.90. The van der Waals surface area contributed by atoms with Gasteiger partial charge in [0, 0.05) is 44.4 Å². The molecule has 134 valence electrons. The zero-order valence-electron chi connectivity index (χ0n) is 14.9. The zero-order chi connectivity index (χ0) is 17.8. The lowest BCUT2D eigenvalue weighted by Crippen LogP contribution is -2.28. The van der Waals surface area contributed by atoms with Gasteiger partial charge < -0.3 is 5.73 Å². The average Bonchev–Trinajstić information content (AvgIpc) is 3.23. The summed E-state index contributed by atoms with van der Waals surface area (Å²) in [6.45, 7) is 7.71. The summed E-state index contributed by atoms with van der Waals surface area (Å²) >= 11 is 1.54. The van der Waals surface area contributed by atoms with Crippen molar-refractivity contribution >= 4 is 22.4 Å². The number of likely N-dealkylation sites (tertiary alicyclic amines) is 1. The first-order valence-electron chi connectivity index (χ1n) is 8.82. The number of rotatable bonds is 6. The zero-order valence-corrected chi connectivity index (χ0v) is 15.7. The molecule has 0 aliphatic carbocycles. The minimum atomic E-state index is 0.0388. The van der Waals surface area contributed by atoms with Gasteiger partial charge in [-0.1, -0.05) is 30.3 Å². The number of carbonyl (C=O) groups is 1. The fourth-order valence-electron chi connectivity index (χ4n) is 3.62. The number of hydrogen-bond donors (Lipinski definition) is 1. The van der Waals surface area contributed by atoms with E-state index >= 15 is 0 Å². The quantitative estimate of drug-likeness (QED) is 0.862. The third-order valence-corrected chi connectivity index (χ3v) is 5.81. The Kier molecular flexibility index (Phi) is 5.83. The number of anilines is 1. The van der Waals surface area contributed by atoms with E-state index in [9.17, 15) is 4.79 Å². The summed E-state index contributed by atoms with van der Waals surface area (Å²) in [5.41, 5.74) is 8.43. The van der Waals surface area contributed by atoms with Crippen molar-refractivity contribution in [3.63, 3.8) is 0 Å². The van der Waals surface area contributed by atoms with Crippen molar-refractivity contribution in [1.29, 1.82) is 0 Å². The van der Waals surface area contributed by atoms with E-state index in [1.165, 1.54) is 5.56 Å². The summed E-state index contributed by atoms with van der Waals surface area (Å²) < 4.78 is 0. The Hall–Kier alpha value is -1.76. The topological polar surface area (TPSA) is 62.5 Å². The van der Waals surface area contributed by atoms with Crippen molar-refractivity contribution < 1.29 is 4.79 Å². The average molecular weight is 359 g/mol. The van der Waals surface area contributed by atoms with Crippen LogP contribution in [0.25, 0.3) is 0 Å². The molecule has 0 spiro atoms. The van der Waals surface area contributed by atoms with Crippen molar-refractivity contribution in [2.45, 2.75) is 26.3 Å². The lowest BCUT2D eigenvalue weighted by atomic mass is 9.89. The molecule has 0 bridgehead atoms. The molecule has 1 aromatic heterocycles. The van der Waals surface area contributed by atoms with Crippen LogP contribution in [0.15, 0.2) is 35.7 Å². The number of nitrogens with two attached hydrogens (primary N) is 1. The molecule has 2 N–H and O–H groups in total. The molecule has 5 nitrogen and oxygen atoms in total. The van der Waals surface area contributed by atoms with E-state index in [1.807, 2.05) is 6.92 Å². The summed E-state index contributed by atoms with van der Waals surface area (Å²) in [5.74, 6) is 0.996. The van der Waals surface area contributed by atoms with Gasteiger partial charge >= 0.3 is 0 Å². The van der Waals surface area contributed by atoms with Gasteiger partial charge in [-0.05, 0) is 24.9 Å². The van der Waals surface area contributed by atoms with Gasteiger partial charge in [0.05, 0.1) is 5.69 Å². The van der Waals surface area contributed by atoms with Gasteiger partial charge in [-0.3, -0.25) is 14.6 Å². The Labute approximate surface area is 153 Å². The monoisotopic (exact) mass is 358 g/mol. The van der Waals surface area contributed by atoms with Crippen LogP contribution < -0.4 is 10.6 Å². The highest BCUT2D eigenvalue weighted by atomic mass is 32.1. The molecule has 1 aliphatic heterocycles. The molecule has 1 aliphatic rings. The molecule has 3 rings (SSSR count). The van der Waals surface area contributed by atoms with Crippen LogP contribution >= 0.6 is 11.3 Å². The van der Waals surface area contributed by atoms with Crippen molar-refractivity contribution in [1.82, 2.24) is 9.88 Å². The molecular weight excluding hydrogens is 332 g/mol. The van der Waals surface area contributed by atoms with E-state index in [4.69, 9.17) is 5.73 Å². The lowest BCUT2D eigenvalue weighted by Gasteiger charge is -2.16. The highest BCUT2D eigenvalue weighted by molar-refractivity contribution is 7.14. The van der Waals surface area contributed by atoms with Crippen LogP contribution in [0.5, 0.6) is 0 Å². The predicted molar refractivity (Wildman–Crippen MR) is 103 cm³/mol. The van der Waals surface area contributed by atoms with E-state index < -0.39 is 0 Å². The summed E-state index contributed by atoms with van der Waals surface area (Å²) in [4.78, 5) is 20.5. The SMILES string of the molecule is CCN(C(C)=O)c1nc(CN2C[C@@H](CN)[C@H](c3ccccc3)C2)cs1. The van der Waals surface area contributed by atoms with Crippen LogP contribution in [0.3, 0.4) is 0 Å².